The SMILES string of the molecule is NC1C(O)CC2(OCC(=O)OC2=O)OC1C(O)C=O. The molecule has 2 heterocycles. The van der Waals surface area contributed by atoms with E-state index in [0.717, 1.165) is 0 Å². The molecule has 0 saturated carbocycles. The number of rotatable bonds is 2. The third-order valence-electron chi connectivity index (χ3n) is 3.04. The van der Waals surface area contributed by atoms with Crippen molar-refractivity contribution in [1.29, 1.82) is 0 Å². The molecule has 2 saturated heterocycles. The van der Waals surface area contributed by atoms with Crippen LogP contribution in [0.4, 0.5) is 0 Å². The van der Waals surface area contributed by atoms with Gasteiger partial charge in [-0.2, -0.15) is 0 Å². The average molecular weight is 275 g/mol. The lowest BCUT2D eigenvalue weighted by Gasteiger charge is -2.45. The summed E-state index contributed by atoms with van der Waals surface area (Å²) in [6.45, 7) is -0.544. The third kappa shape index (κ3) is 2.38. The quantitative estimate of drug-likeness (QED) is 0.269. The van der Waals surface area contributed by atoms with Crippen LogP contribution < -0.4 is 5.73 Å². The normalized spacial score (nSPS) is 40.9. The molecule has 9 nitrogen and oxygen atoms in total. The van der Waals surface area contributed by atoms with Gasteiger partial charge in [0.2, 0.25) is 0 Å². The van der Waals surface area contributed by atoms with Gasteiger partial charge in [-0.05, 0) is 0 Å². The average Bonchev–Trinajstić information content (AvgIpc) is 2.38. The summed E-state index contributed by atoms with van der Waals surface area (Å²) in [5.74, 6) is -4.06. The molecule has 2 aliphatic heterocycles. The molecule has 0 aromatic carbocycles. The Morgan fingerprint density at radius 2 is 2.16 bits per heavy atom. The summed E-state index contributed by atoms with van der Waals surface area (Å²) in [7, 11) is 0. The van der Waals surface area contributed by atoms with E-state index in [4.69, 9.17) is 15.2 Å². The standard InChI is InChI=1S/C10H13NO8/c11-7-4(13)1-10(19-8(7)5(14)2-12)9(16)18-6(15)3-17-10/h2,4-5,7-8,13-14H,1,3,11H2. The van der Waals surface area contributed by atoms with Crippen molar-refractivity contribution in [2.45, 2.75) is 36.6 Å². The molecule has 2 rings (SSSR count). The first-order valence-corrected chi connectivity index (χ1v) is 5.53. The summed E-state index contributed by atoms with van der Waals surface area (Å²) in [5.41, 5.74) is 5.59. The molecule has 5 atom stereocenters. The van der Waals surface area contributed by atoms with Gasteiger partial charge in [-0.3, -0.25) is 0 Å². The van der Waals surface area contributed by atoms with E-state index in [1.54, 1.807) is 0 Å². The van der Waals surface area contributed by atoms with Gasteiger partial charge in [0.1, 0.15) is 18.8 Å². The molecule has 0 aliphatic carbocycles. The number of ether oxygens (including phenoxy) is 3. The van der Waals surface area contributed by atoms with Crippen LogP contribution in [0, 0.1) is 0 Å². The number of hydrogen-bond acceptors (Lipinski definition) is 9. The van der Waals surface area contributed by atoms with Crippen LogP contribution in [0.3, 0.4) is 0 Å². The van der Waals surface area contributed by atoms with Crippen molar-refractivity contribution in [2.24, 2.45) is 5.73 Å². The number of cyclic esters (lactones) is 2. The van der Waals surface area contributed by atoms with E-state index in [1.165, 1.54) is 0 Å². The molecule has 9 heteroatoms. The Kier molecular flexibility index (Phi) is 3.65. The highest BCUT2D eigenvalue weighted by Gasteiger charge is 2.57. The molecule has 5 unspecified atom stereocenters. The van der Waals surface area contributed by atoms with E-state index in [0.29, 0.717) is 0 Å². The lowest BCUT2D eigenvalue weighted by molar-refractivity contribution is -0.311. The van der Waals surface area contributed by atoms with Gasteiger partial charge in [0.25, 0.3) is 5.79 Å². The molecule has 0 aromatic rings. The van der Waals surface area contributed by atoms with Crippen LogP contribution in [0.15, 0.2) is 0 Å². The topological polar surface area (TPSA) is 145 Å². The minimum Gasteiger partial charge on any atom is -0.391 e. The fourth-order valence-corrected chi connectivity index (χ4v) is 2.02. The van der Waals surface area contributed by atoms with Crippen LogP contribution >= 0.6 is 0 Å². The largest absolute Gasteiger partial charge is 0.391 e. The van der Waals surface area contributed by atoms with Crippen LogP contribution in [0.5, 0.6) is 0 Å². The van der Waals surface area contributed by atoms with Crippen molar-refractivity contribution in [2.75, 3.05) is 6.61 Å². The molecule has 4 N–H and O–H groups in total. The Morgan fingerprint density at radius 3 is 2.74 bits per heavy atom. The van der Waals surface area contributed by atoms with E-state index in [2.05, 4.69) is 4.74 Å². The second-order valence-corrected chi connectivity index (χ2v) is 4.36. The van der Waals surface area contributed by atoms with Crippen molar-refractivity contribution in [1.82, 2.24) is 0 Å². The second-order valence-electron chi connectivity index (χ2n) is 4.36. The Bertz CT molecular complexity index is 412. The minimum absolute atomic E-state index is 0.162. The Morgan fingerprint density at radius 1 is 1.47 bits per heavy atom. The van der Waals surface area contributed by atoms with Gasteiger partial charge in [0.15, 0.2) is 6.29 Å². The first kappa shape index (κ1) is 14.0. The summed E-state index contributed by atoms with van der Waals surface area (Å²) in [4.78, 5) is 33.2. The van der Waals surface area contributed by atoms with Gasteiger partial charge in [-0.25, -0.2) is 9.59 Å². The maximum Gasteiger partial charge on any atom is 0.374 e. The molecule has 0 amide bonds. The molecule has 2 fully saturated rings. The Labute approximate surface area is 107 Å². The molecule has 19 heavy (non-hydrogen) atoms. The summed E-state index contributed by atoms with van der Waals surface area (Å²) in [6, 6.07) is -1.08. The molecule has 0 aromatic heterocycles. The zero-order valence-electron chi connectivity index (χ0n) is 9.72. The lowest BCUT2D eigenvalue weighted by Crippen LogP contribution is -2.66. The summed E-state index contributed by atoms with van der Waals surface area (Å²) in [6.07, 6.45) is -4.45. The number of aliphatic hydroxyl groups excluding tert-OH is 2. The van der Waals surface area contributed by atoms with E-state index < -0.39 is 48.7 Å². The van der Waals surface area contributed by atoms with Crippen LogP contribution in [0.2, 0.25) is 0 Å². The van der Waals surface area contributed by atoms with Gasteiger partial charge in [0.05, 0.1) is 12.1 Å². The zero-order valence-corrected chi connectivity index (χ0v) is 9.72. The van der Waals surface area contributed by atoms with Gasteiger partial charge in [-0.1, -0.05) is 0 Å². The van der Waals surface area contributed by atoms with Crippen LogP contribution in [0.1, 0.15) is 6.42 Å². The fourth-order valence-electron chi connectivity index (χ4n) is 2.02. The summed E-state index contributed by atoms with van der Waals surface area (Å²) >= 11 is 0. The van der Waals surface area contributed by atoms with Gasteiger partial charge < -0.3 is 35.0 Å². The van der Waals surface area contributed by atoms with Crippen molar-refractivity contribution in [3.05, 3.63) is 0 Å². The predicted octanol–water partition coefficient (Wildman–Crippen LogP) is -3.18. The number of carbonyl (C=O) groups is 3. The number of aldehydes is 1. The molecule has 106 valence electrons. The van der Waals surface area contributed by atoms with Crippen molar-refractivity contribution < 1.29 is 38.8 Å². The van der Waals surface area contributed by atoms with E-state index in [1.807, 2.05) is 0 Å². The fraction of sp³-hybridized carbons (Fsp3) is 0.700. The predicted molar refractivity (Wildman–Crippen MR) is 55.3 cm³/mol. The highest BCUT2D eigenvalue weighted by atomic mass is 16.8. The first-order valence-electron chi connectivity index (χ1n) is 5.53. The Balaban J connectivity index is 2.25. The van der Waals surface area contributed by atoms with Crippen LogP contribution in [-0.2, 0) is 28.6 Å². The number of esters is 2. The lowest BCUT2D eigenvalue weighted by atomic mass is 9.91. The number of aliphatic hydroxyl groups is 2. The van der Waals surface area contributed by atoms with Gasteiger partial charge in [-0.15, -0.1) is 0 Å². The molecule has 2 aliphatic rings. The monoisotopic (exact) mass is 275 g/mol. The molecular formula is C10H13NO8. The second kappa shape index (κ2) is 4.94. The van der Waals surface area contributed by atoms with Gasteiger partial charge in [0, 0.05) is 6.42 Å². The zero-order chi connectivity index (χ0) is 14.2. The van der Waals surface area contributed by atoms with Crippen molar-refractivity contribution in [3.8, 4) is 0 Å². The van der Waals surface area contributed by atoms with E-state index >= 15 is 0 Å². The smallest absolute Gasteiger partial charge is 0.374 e. The first-order chi connectivity index (χ1) is 8.89. The van der Waals surface area contributed by atoms with Crippen molar-refractivity contribution >= 4 is 18.2 Å². The summed E-state index contributed by atoms with van der Waals surface area (Å²) in [5, 5.41) is 19.3. The van der Waals surface area contributed by atoms with Gasteiger partial charge >= 0.3 is 11.9 Å². The van der Waals surface area contributed by atoms with Crippen molar-refractivity contribution in [3.63, 3.8) is 0 Å². The highest BCUT2D eigenvalue weighted by molar-refractivity contribution is 5.92. The number of hydrogen-bond donors (Lipinski definition) is 3. The maximum atomic E-state index is 11.7. The number of nitrogens with two attached hydrogens (primary N) is 1. The molecule has 1 spiro atoms. The summed E-state index contributed by atoms with van der Waals surface area (Å²) < 4.78 is 14.6. The van der Waals surface area contributed by atoms with Crippen LogP contribution in [-0.4, -0.2) is 65.2 Å². The van der Waals surface area contributed by atoms with Crippen LogP contribution in [0.25, 0.3) is 0 Å². The van der Waals surface area contributed by atoms with E-state index in [9.17, 15) is 24.6 Å². The Hall–Kier alpha value is -1.39. The van der Waals surface area contributed by atoms with E-state index in [-0.39, 0.29) is 12.7 Å². The molecule has 0 radical (unpaired) electrons. The third-order valence-corrected chi connectivity index (χ3v) is 3.04. The number of carbonyl (C=O) groups excluding carboxylic acids is 3. The highest BCUT2D eigenvalue weighted by Crippen LogP contribution is 2.34. The molecular weight excluding hydrogens is 262 g/mol. The minimum atomic E-state index is -2.03. The maximum absolute atomic E-state index is 11.7. The molecule has 0 bridgehead atoms.